The molecule has 2 atom stereocenters. The van der Waals surface area contributed by atoms with Gasteiger partial charge in [-0.2, -0.15) is 0 Å². The predicted molar refractivity (Wildman–Crippen MR) is 68.8 cm³/mol. The van der Waals surface area contributed by atoms with Gasteiger partial charge in [-0.1, -0.05) is 24.3 Å². The summed E-state index contributed by atoms with van der Waals surface area (Å²) < 4.78 is 15.6. The van der Waals surface area contributed by atoms with Gasteiger partial charge in [-0.15, -0.1) is 0 Å². The number of fused-ring (bicyclic) bond motifs is 4. The van der Waals surface area contributed by atoms with E-state index in [1.165, 1.54) is 14.2 Å². The first kappa shape index (κ1) is 13.1. The Bertz CT molecular complexity index is 549. The Hall–Kier alpha value is -1.88. The standard InChI is InChI=1S/C15H16O5/c1-18-13(16)15(14(17)19-2)8-10-7-9-5-3-4-6-11(9)12(15)20-10/h3-6,10,12H,7-8H2,1-2H3/t10-,12+/m1/s1. The summed E-state index contributed by atoms with van der Waals surface area (Å²) in [6.45, 7) is 0. The first-order valence-corrected chi connectivity index (χ1v) is 6.53. The maximum atomic E-state index is 12.3. The summed E-state index contributed by atoms with van der Waals surface area (Å²) in [4.78, 5) is 24.6. The second-order valence-corrected chi connectivity index (χ2v) is 5.20. The maximum absolute atomic E-state index is 12.3. The molecule has 2 aliphatic rings. The van der Waals surface area contributed by atoms with Crippen LogP contribution in [0, 0.1) is 5.41 Å². The molecular formula is C15H16O5. The fraction of sp³-hybridized carbons (Fsp3) is 0.467. The Morgan fingerprint density at radius 2 is 1.85 bits per heavy atom. The zero-order chi connectivity index (χ0) is 14.3. The highest BCUT2D eigenvalue weighted by molar-refractivity contribution is 6.01. The van der Waals surface area contributed by atoms with E-state index < -0.39 is 23.5 Å². The molecule has 1 aromatic carbocycles. The molecule has 1 aromatic rings. The number of methoxy groups -OCH3 is 2. The van der Waals surface area contributed by atoms with Crippen LogP contribution < -0.4 is 0 Å². The van der Waals surface area contributed by atoms with Gasteiger partial charge in [0.05, 0.1) is 20.3 Å². The maximum Gasteiger partial charge on any atom is 0.326 e. The molecular weight excluding hydrogens is 260 g/mol. The molecule has 0 aromatic heterocycles. The lowest BCUT2D eigenvalue weighted by molar-refractivity contribution is -0.174. The topological polar surface area (TPSA) is 61.8 Å². The molecule has 0 saturated carbocycles. The number of ether oxygens (including phenoxy) is 3. The van der Waals surface area contributed by atoms with Gasteiger partial charge in [0.2, 0.25) is 0 Å². The third kappa shape index (κ3) is 1.59. The van der Waals surface area contributed by atoms with E-state index in [1.807, 2.05) is 24.3 Å². The normalized spacial score (nSPS) is 25.7. The Kier molecular flexibility index (Phi) is 3.01. The van der Waals surface area contributed by atoms with Gasteiger partial charge in [0.25, 0.3) is 0 Å². The van der Waals surface area contributed by atoms with E-state index in [2.05, 4.69) is 0 Å². The van der Waals surface area contributed by atoms with E-state index >= 15 is 0 Å². The van der Waals surface area contributed by atoms with E-state index in [0.717, 1.165) is 11.1 Å². The first-order valence-electron chi connectivity index (χ1n) is 6.53. The number of carbonyl (C=O) groups excluding carboxylic acids is 2. The zero-order valence-electron chi connectivity index (χ0n) is 11.4. The minimum absolute atomic E-state index is 0.159. The van der Waals surface area contributed by atoms with Gasteiger partial charge in [0, 0.05) is 6.42 Å². The van der Waals surface area contributed by atoms with Crippen molar-refractivity contribution in [2.24, 2.45) is 5.41 Å². The number of benzene rings is 1. The molecule has 2 heterocycles. The molecule has 0 radical (unpaired) electrons. The van der Waals surface area contributed by atoms with Crippen molar-refractivity contribution >= 4 is 11.9 Å². The summed E-state index contributed by atoms with van der Waals surface area (Å²) >= 11 is 0. The summed E-state index contributed by atoms with van der Waals surface area (Å²) in [5.41, 5.74) is 0.598. The van der Waals surface area contributed by atoms with Crippen molar-refractivity contribution in [3.05, 3.63) is 35.4 Å². The molecule has 5 heteroatoms. The molecule has 2 aliphatic heterocycles. The highest BCUT2D eigenvalue weighted by Gasteiger charge is 2.63. The van der Waals surface area contributed by atoms with Crippen molar-refractivity contribution in [2.45, 2.75) is 25.0 Å². The predicted octanol–water partition coefficient (Wildman–Crippen LogP) is 1.41. The SMILES string of the molecule is COC(=O)C1(C(=O)OC)C[C@H]2Cc3ccccc3[C@@H]1O2. The lowest BCUT2D eigenvalue weighted by Gasteiger charge is -2.30. The van der Waals surface area contributed by atoms with E-state index in [1.54, 1.807) is 0 Å². The molecule has 3 rings (SSSR count). The van der Waals surface area contributed by atoms with Crippen LogP contribution in [-0.4, -0.2) is 32.3 Å². The fourth-order valence-corrected chi connectivity index (χ4v) is 3.33. The van der Waals surface area contributed by atoms with Crippen molar-refractivity contribution in [1.29, 1.82) is 0 Å². The van der Waals surface area contributed by atoms with Crippen LogP contribution in [0.25, 0.3) is 0 Å². The number of hydrogen-bond acceptors (Lipinski definition) is 5. The highest BCUT2D eigenvalue weighted by atomic mass is 16.6. The van der Waals surface area contributed by atoms with Crippen molar-refractivity contribution in [1.82, 2.24) is 0 Å². The van der Waals surface area contributed by atoms with Gasteiger partial charge in [0.1, 0.15) is 6.10 Å². The summed E-state index contributed by atoms with van der Waals surface area (Å²) in [6, 6.07) is 7.71. The second-order valence-electron chi connectivity index (χ2n) is 5.20. The third-order valence-corrected chi connectivity index (χ3v) is 4.21. The van der Waals surface area contributed by atoms with E-state index in [4.69, 9.17) is 14.2 Å². The minimum atomic E-state index is -1.39. The van der Waals surface area contributed by atoms with Gasteiger partial charge in [-0.05, 0) is 17.5 Å². The molecule has 106 valence electrons. The molecule has 5 nitrogen and oxygen atoms in total. The van der Waals surface area contributed by atoms with Gasteiger partial charge < -0.3 is 14.2 Å². The van der Waals surface area contributed by atoms with Crippen molar-refractivity contribution in [3.8, 4) is 0 Å². The highest BCUT2D eigenvalue weighted by Crippen LogP contribution is 2.54. The molecule has 0 spiro atoms. The van der Waals surface area contributed by atoms with Crippen LogP contribution in [0.3, 0.4) is 0 Å². The van der Waals surface area contributed by atoms with Crippen LogP contribution in [0.15, 0.2) is 24.3 Å². The first-order chi connectivity index (χ1) is 9.63. The van der Waals surface area contributed by atoms with Crippen LogP contribution in [-0.2, 0) is 30.2 Å². The summed E-state index contributed by atoms with van der Waals surface area (Å²) in [6.07, 6.45) is 0.208. The molecule has 0 amide bonds. The van der Waals surface area contributed by atoms with Crippen molar-refractivity contribution in [2.75, 3.05) is 14.2 Å². The van der Waals surface area contributed by atoms with E-state index in [0.29, 0.717) is 12.8 Å². The largest absolute Gasteiger partial charge is 0.468 e. The molecule has 2 bridgehead atoms. The molecule has 0 unspecified atom stereocenters. The van der Waals surface area contributed by atoms with Gasteiger partial charge in [-0.25, -0.2) is 0 Å². The Morgan fingerprint density at radius 3 is 2.50 bits per heavy atom. The number of esters is 2. The Labute approximate surface area is 116 Å². The lowest BCUT2D eigenvalue weighted by Crippen LogP contribution is -2.43. The Balaban J connectivity index is 2.14. The molecule has 1 fully saturated rings. The van der Waals surface area contributed by atoms with Crippen LogP contribution >= 0.6 is 0 Å². The monoisotopic (exact) mass is 276 g/mol. The smallest absolute Gasteiger partial charge is 0.326 e. The van der Waals surface area contributed by atoms with Crippen molar-refractivity contribution in [3.63, 3.8) is 0 Å². The molecule has 20 heavy (non-hydrogen) atoms. The van der Waals surface area contributed by atoms with Crippen LogP contribution in [0.4, 0.5) is 0 Å². The fourth-order valence-electron chi connectivity index (χ4n) is 3.33. The van der Waals surface area contributed by atoms with Gasteiger partial charge in [-0.3, -0.25) is 9.59 Å². The quantitative estimate of drug-likeness (QED) is 0.603. The van der Waals surface area contributed by atoms with Gasteiger partial charge >= 0.3 is 11.9 Å². The Morgan fingerprint density at radius 1 is 1.20 bits per heavy atom. The van der Waals surface area contributed by atoms with E-state index in [-0.39, 0.29) is 6.10 Å². The molecule has 0 aliphatic carbocycles. The van der Waals surface area contributed by atoms with Gasteiger partial charge in [0.15, 0.2) is 5.41 Å². The second kappa shape index (κ2) is 4.59. The number of carbonyl (C=O) groups is 2. The number of rotatable bonds is 2. The summed E-state index contributed by atoms with van der Waals surface area (Å²) in [5, 5.41) is 0. The summed E-state index contributed by atoms with van der Waals surface area (Å²) in [5.74, 6) is -1.18. The zero-order valence-corrected chi connectivity index (χ0v) is 11.4. The minimum Gasteiger partial charge on any atom is -0.468 e. The molecule has 1 saturated heterocycles. The van der Waals surface area contributed by atoms with Crippen LogP contribution in [0.5, 0.6) is 0 Å². The third-order valence-electron chi connectivity index (χ3n) is 4.21. The van der Waals surface area contributed by atoms with Crippen LogP contribution in [0.2, 0.25) is 0 Å². The average molecular weight is 276 g/mol. The molecule has 0 N–H and O–H groups in total. The van der Waals surface area contributed by atoms with Crippen molar-refractivity contribution < 1.29 is 23.8 Å². The summed E-state index contributed by atoms with van der Waals surface area (Å²) in [7, 11) is 2.56. The lowest BCUT2D eigenvalue weighted by atomic mass is 9.78. The average Bonchev–Trinajstić information content (AvgIpc) is 2.80. The van der Waals surface area contributed by atoms with E-state index in [9.17, 15) is 9.59 Å². The number of hydrogen-bond donors (Lipinski definition) is 0. The van der Waals surface area contributed by atoms with Crippen LogP contribution in [0.1, 0.15) is 23.7 Å².